The Hall–Kier alpha value is -1.52. The van der Waals surface area contributed by atoms with Crippen LogP contribution in [0.1, 0.15) is 26.7 Å². The van der Waals surface area contributed by atoms with Gasteiger partial charge < -0.3 is 15.3 Å². The van der Waals surface area contributed by atoms with Gasteiger partial charge in [-0.1, -0.05) is 19.9 Å². The van der Waals surface area contributed by atoms with Crippen LogP contribution in [0.25, 0.3) is 0 Å². The van der Waals surface area contributed by atoms with Gasteiger partial charge in [-0.25, -0.2) is 9.59 Å². The summed E-state index contributed by atoms with van der Waals surface area (Å²) < 4.78 is 0. The molecule has 0 aromatic carbocycles. The number of piperidine rings is 1. The highest BCUT2D eigenvalue weighted by Crippen LogP contribution is 2.22. The van der Waals surface area contributed by atoms with Gasteiger partial charge in [-0.3, -0.25) is 0 Å². The highest BCUT2D eigenvalue weighted by Gasteiger charge is 2.28. The summed E-state index contributed by atoms with van der Waals surface area (Å²) in [5, 5.41) is 11.5. The van der Waals surface area contributed by atoms with Crippen molar-refractivity contribution in [3.8, 4) is 0 Å². The van der Waals surface area contributed by atoms with Crippen LogP contribution in [0, 0.1) is 11.8 Å². The SMILES string of the molecule is C=CCC(NC(=O)N1CCC(C)C(C)C1)C(=O)O. The average molecular weight is 254 g/mol. The lowest BCUT2D eigenvalue weighted by Gasteiger charge is -2.35. The van der Waals surface area contributed by atoms with Crippen molar-refractivity contribution >= 4 is 12.0 Å². The number of urea groups is 1. The zero-order valence-electron chi connectivity index (χ0n) is 11.1. The number of nitrogens with one attached hydrogen (secondary N) is 1. The van der Waals surface area contributed by atoms with Crippen LogP contribution in [0.2, 0.25) is 0 Å². The molecule has 3 unspecified atom stereocenters. The van der Waals surface area contributed by atoms with Crippen LogP contribution in [0.3, 0.4) is 0 Å². The van der Waals surface area contributed by atoms with Crippen LogP contribution in [0.15, 0.2) is 12.7 Å². The normalized spacial score (nSPS) is 25.3. The summed E-state index contributed by atoms with van der Waals surface area (Å²) in [6, 6.07) is -1.17. The summed E-state index contributed by atoms with van der Waals surface area (Å²) in [6.45, 7) is 9.17. The van der Waals surface area contributed by atoms with Gasteiger partial charge in [0.25, 0.3) is 0 Å². The first-order chi connectivity index (χ1) is 8.45. The van der Waals surface area contributed by atoms with Crippen molar-refractivity contribution in [2.75, 3.05) is 13.1 Å². The zero-order valence-corrected chi connectivity index (χ0v) is 11.1. The third kappa shape index (κ3) is 3.75. The van der Waals surface area contributed by atoms with Gasteiger partial charge in [0.15, 0.2) is 0 Å². The molecule has 0 aromatic rings. The largest absolute Gasteiger partial charge is 0.480 e. The number of rotatable bonds is 4. The number of aliphatic carboxylic acids is 1. The number of likely N-dealkylation sites (tertiary alicyclic amines) is 1. The van der Waals surface area contributed by atoms with Crippen molar-refractivity contribution in [2.24, 2.45) is 11.8 Å². The second-order valence-electron chi connectivity index (χ2n) is 5.05. The molecule has 0 aliphatic carbocycles. The first-order valence-corrected chi connectivity index (χ1v) is 6.34. The first kappa shape index (κ1) is 14.5. The molecule has 2 amide bonds. The fourth-order valence-electron chi connectivity index (χ4n) is 2.08. The quantitative estimate of drug-likeness (QED) is 0.750. The predicted octanol–water partition coefficient (Wildman–Crippen LogP) is 1.70. The average Bonchev–Trinajstić information content (AvgIpc) is 2.31. The summed E-state index contributed by atoms with van der Waals surface area (Å²) in [5.74, 6) is 0.0337. The minimum atomic E-state index is -1.03. The number of amides is 2. The van der Waals surface area contributed by atoms with Crippen molar-refractivity contribution in [1.82, 2.24) is 10.2 Å². The minimum absolute atomic E-state index is 0.237. The van der Waals surface area contributed by atoms with E-state index in [-0.39, 0.29) is 12.5 Å². The molecule has 1 aliphatic rings. The molecule has 2 N–H and O–H groups in total. The van der Waals surface area contributed by atoms with Crippen molar-refractivity contribution < 1.29 is 14.7 Å². The van der Waals surface area contributed by atoms with Crippen LogP contribution in [0.5, 0.6) is 0 Å². The van der Waals surface area contributed by atoms with Crippen molar-refractivity contribution in [3.05, 3.63) is 12.7 Å². The second kappa shape index (κ2) is 6.42. The van der Waals surface area contributed by atoms with Crippen molar-refractivity contribution in [2.45, 2.75) is 32.7 Å². The van der Waals surface area contributed by atoms with Crippen LogP contribution in [-0.2, 0) is 4.79 Å². The van der Waals surface area contributed by atoms with E-state index in [1.165, 1.54) is 6.08 Å². The molecular formula is C13H22N2O3. The van der Waals surface area contributed by atoms with E-state index in [0.29, 0.717) is 24.9 Å². The summed E-state index contributed by atoms with van der Waals surface area (Å²) in [5.41, 5.74) is 0. The summed E-state index contributed by atoms with van der Waals surface area (Å²) >= 11 is 0. The maximum Gasteiger partial charge on any atom is 0.326 e. The van der Waals surface area contributed by atoms with Crippen LogP contribution < -0.4 is 5.32 Å². The van der Waals surface area contributed by atoms with Crippen molar-refractivity contribution in [3.63, 3.8) is 0 Å². The lowest BCUT2D eigenvalue weighted by Crippen LogP contribution is -2.51. The number of carboxylic acid groups (broad SMARTS) is 1. The van der Waals surface area contributed by atoms with Crippen LogP contribution >= 0.6 is 0 Å². The number of hydrogen-bond donors (Lipinski definition) is 2. The maximum absolute atomic E-state index is 12.0. The Bertz CT molecular complexity index is 330. The van der Waals surface area contributed by atoms with E-state index in [9.17, 15) is 9.59 Å². The van der Waals surface area contributed by atoms with Gasteiger partial charge in [0.1, 0.15) is 6.04 Å². The van der Waals surface area contributed by atoms with E-state index < -0.39 is 12.0 Å². The molecule has 5 nitrogen and oxygen atoms in total. The third-order valence-electron chi connectivity index (χ3n) is 3.62. The first-order valence-electron chi connectivity index (χ1n) is 6.34. The number of hydrogen-bond acceptors (Lipinski definition) is 2. The molecule has 1 fully saturated rings. The lowest BCUT2D eigenvalue weighted by atomic mass is 9.89. The predicted molar refractivity (Wildman–Crippen MR) is 69.3 cm³/mol. The molecule has 5 heteroatoms. The van der Waals surface area contributed by atoms with E-state index in [4.69, 9.17) is 5.11 Å². The fourth-order valence-corrected chi connectivity index (χ4v) is 2.08. The number of carbonyl (C=O) groups is 2. The Morgan fingerprint density at radius 1 is 1.50 bits per heavy atom. The van der Waals surface area contributed by atoms with E-state index in [1.54, 1.807) is 4.90 Å². The van der Waals surface area contributed by atoms with Gasteiger partial charge >= 0.3 is 12.0 Å². The van der Waals surface area contributed by atoms with Gasteiger partial charge in [-0.05, 0) is 24.7 Å². The summed E-state index contributed by atoms with van der Waals surface area (Å²) in [7, 11) is 0. The molecule has 1 saturated heterocycles. The molecule has 1 rings (SSSR count). The highest BCUT2D eigenvalue weighted by atomic mass is 16.4. The molecule has 3 atom stereocenters. The molecule has 0 saturated carbocycles. The third-order valence-corrected chi connectivity index (χ3v) is 3.62. The Morgan fingerprint density at radius 2 is 2.17 bits per heavy atom. The van der Waals surface area contributed by atoms with E-state index in [1.807, 2.05) is 0 Å². The van der Waals surface area contributed by atoms with Crippen LogP contribution in [-0.4, -0.2) is 41.1 Å². The second-order valence-corrected chi connectivity index (χ2v) is 5.05. The lowest BCUT2D eigenvalue weighted by molar-refractivity contribution is -0.139. The Labute approximate surface area is 108 Å². The maximum atomic E-state index is 12.0. The molecule has 1 aliphatic heterocycles. The van der Waals surface area contributed by atoms with Crippen LogP contribution in [0.4, 0.5) is 4.79 Å². The topological polar surface area (TPSA) is 69.6 Å². The van der Waals surface area contributed by atoms with Gasteiger partial charge in [-0.15, -0.1) is 6.58 Å². The van der Waals surface area contributed by atoms with Gasteiger partial charge in [0.2, 0.25) is 0 Å². The zero-order chi connectivity index (χ0) is 13.7. The monoisotopic (exact) mass is 254 g/mol. The van der Waals surface area contributed by atoms with Gasteiger partial charge in [0, 0.05) is 13.1 Å². The number of carbonyl (C=O) groups excluding carboxylic acids is 1. The molecular weight excluding hydrogens is 232 g/mol. The number of nitrogens with zero attached hydrogens (tertiary/aromatic N) is 1. The minimum Gasteiger partial charge on any atom is -0.480 e. The molecule has 0 spiro atoms. The summed E-state index contributed by atoms with van der Waals surface area (Å²) in [6.07, 6.45) is 2.70. The number of carboxylic acids is 1. The molecule has 102 valence electrons. The van der Waals surface area contributed by atoms with E-state index >= 15 is 0 Å². The molecule has 18 heavy (non-hydrogen) atoms. The van der Waals surface area contributed by atoms with Crippen molar-refractivity contribution in [1.29, 1.82) is 0 Å². The fraction of sp³-hybridized carbons (Fsp3) is 0.692. The molecule has 1 heterocycles. The Kier molecular flexibility index (Phi) is 5.19. The van der Waals surface area contributed by atoms with Gasteiger partial charge in [0.05, 0.1) is 0 Å². The standard InChI is InChI=1S/C13H22N2O3/c1-4-5-11(12(16)17)14-13(18)15-7-6-9(2)10(3)8-15/h4,9-11H,1,5-8H2,2-3H3,(H,14,18)(H,16,17). The molecule has 0 aromatic heterocycles. The highest BCUT2D eigenvalue weighted by molar-refractivity contribution is 5.82. The Balaban J connectivity index is 2.54. The van der Waals surface area contributed by atoms with E-state index in [0.717, 1.165) is 6.42 Å². The Morgan fingerprint density at radius 3 is 2.67 bits per heavy atom. The summed E-state index contributed by atoms with van der Waals surface area (Å²) in [4.78, 5) is 24.6. The smallest absolute Gasteiger partial charge is 0.326 e. The van der Waals surface area contributed by atoms with E-state index in [2.05, 4.69) is 25.7 Å². The van der Waals surface area contributed by atoms with Gasteiger partial charge in [-0.2, -0.15) is 0 Å². The molecule has 0 bridgehead atoms. The molecule has 0 radical (unpaired) electrons.